The molecule has 0 unspecified atom stereocenters. The Morgan fingerprint density at radius 2 is 1.76 bits per heavy atom. The van der Waals surface area contributed by atoms with Crippen LogP contribution in [0.3, 0.4) is 0 Å². The van der Waals surface area contributed by atoms with Crippen molar-refractivity contribution in [2.45, 2.75) is 12.8 Å². The molecule has 2 aliphatic rings. The van der Waals surface area contributed by atoms with Gasteiger partial charge in [0, 0.05) is 26.1 Å². The smallest absolute Gasteiger partial charge is 0.194 e. The van der Waals surface area contributed by atoms with Gasteiger partial charge in [0.05, 0.1) is 0 Å². The first-order valence-corrected chi connectivity index (χ1v) is 9.46. The van der Waals surface area contributed by atoms with Gasteiger partial charge >= 0.3 is 0 Å². The van der Waals surface area contributed by atoms with Crippen LogP contribution in [0.4, 0.5) is 0 Å². The van der Waals surface area contributed by atoms with E-state index in [-0.39, 0.29) is 5.78 Å². The van der Waals surface area contributed by atoms with Gasteiger partial charge in [0.25, 0.3) is 0 Å². The van der Waals surface area contributed by atoms with E-state index in [2.05, 4.69) is 42.5 Å². The van der Waals surface area contributed by atoms with E-state index in [9.17, 15) is 4.79 Å². The SMILES string of the molecule is O=C1c2ccccc2-c2cc3c(ccc4sc5c(c43)C=CCC5)cc21. The van der Waals surface area contributed by atoms with Crippen LogP contribution in [0.15, 0.2) is 54.6 Å². The van der Waals surface area contributed by atoms with E-state index < -0.39 is 0 Å². The number of carbonyl (C=O) groups is 1. The molecular weight excluding hydrogens is 324 g/mol. The summed E-state index contributed by atoms with van der Waals surface area (Å²) in [6, 6.07) is 16.7. The Morgan fingerprint density at radius 3 is 2.68 bits per heavy atom. The third-order valence-electron chi connectivity index (χ3n) is 5.45. The summed E-state index contributed by atoms with van der Waals surface area (Å²) in [5.41, 5.74) is 5.21. The molecule has 1 aromatic heterocycles. The van der Waals surface area contributed by atoms with Gasteiger partial charge in [0.1, 0.15) is 0 Å². The van der Waals surface area contributed by atoms with Crippen LogP contribution in [-0.2, 0) is 6.42 Å². The van der Waals surface area contributed by atoms with Crippen LogP contribution in [-0.4, -0.2) is 5.78 Å². The Hall–Kier alpha value is -2.71. The van der Waals surface area contributed by atoms with Crippen LogP contribution in [0.1, 0.15) is 32.8 Å². The summed E-state index contributed by atoms with van der Waals surface area (Å²) in [5.74, 6) is 0.153. The molecule has 25 heavy (non-hydrogen) atoms. The molecule has 1 heterocycles. The molecule has 0 bridgehead atoms. The van der Waals surface area contributed by atoms with Gasteiger partial charge in [0.2, 0.25) is 0 Å². The van der Waals surface area contributed by atoms with Crippen molar-refractivity contribution in [2.24, 2.45) is 0 Å². The van der Waals surface area contributed by atoms with Crippen LogP contribution in [0.5, 0.6) is 0 Å². The number of benzene rings is 3. The lowest BCUT2D eigenvalue weighted by Gasteiger charge is -2.08. The topological polar surface area (TPSA) is 17.1 Å². The molecule has 4 aromatic rings. The molecule has 0 fully saturated rings. The zero-order valence-electron chi connectivity index (χ0n) is 13.5. The van der Waals surface area contributed by atoms with Gasteiger partial charge in [-0.25, -0.2) is 0 Å². The molecule has 0 N–H and O–H groups in total. The largest absolute Gasteiger partial charge is 0.289 e. The maximum absolute atomic E-state index is 12.8. The Kier molecular flexibility index (Phi) is 2.54. The minimum absolute atomic E-state index is 0.153. The zero-order valence-corrected chi connectivity index (χ0v) is 14.3. The van der Waals surface area contributed by atoms with Crippen molar-refractivity contribution in [3.63, 3.8) is 0 Å². The van der Waals surface area contributed by atoms with E-state index in [1.54, 1.807) is 0 Å². The van der Waals surface area contributed by atoms with Crippen molar-refractivity contribution >= 4 is 44.1 Å². The molecule has 0 amide bonds. The lowest BCUT2D eigenvalue weighted by molar-refractivity contribution is 0.104. The molecule has 0 saturated heterocycles. The second kappa shape index (κ2) is 4.68. The summed E-state index contributed by atoms with van der Waals surface area (Å²) in [6.45, 7) is 0. The standard InChI is InChI=1S/C23H14OS/c24-23-15-6-2-1-5-14(15)18-12-17-13(11-19(18)23)9-10-21-22(17)16-7-3-4-8-20(16)25-21/h1-3,5-7,9-12H,4,8H2. The summed E-state index contributed by atoms with van der Waals surface area (Å²) >= 11 is 1.92. The third kappa shape index (κ3) is 1.70. The Labute approximate surface area is 149 Å². The molecular formula is C23H14OS. The first kappa shape index (κ1) is 13.6. The van der Waals surface area contributed by atoms with E-state index >= 15 is 0 Å². The van der Waals surface area contributed by atoms with Crippen LogP contribution in [0, 0.1) is 0 Å². The molecule has 3 aromatic carbocycles. The van der Waals surface area contributed by atoms with Gasteiger partial charge in [-0.1, -0.05) is 42.5 Å². The first-order chi connectivity index (χ1) is 12.3. The summed E-state index contributed by atoms with van der Waals surface area (Å²) < 4.78 is 1.35. The maximum atomic E-state index is 12.8. The highest BCUT2D eigenvalue weighted by Gasteiger charge is 2.27. The molecule has 2 aliphatic carbocycles. The van der Waals surface area contributed by atoms with Gasteiger partial charge in [0.15, 0.2) is 5.78 Å². The molecule has 0 atom stereocenters. The highest BCUT2D eigenvalue weighted by Crippen LogP contribution is 2.44. The summed E-state index contributed by atoms with van der Waals surface area (Å²) in [4.78, 5) is 14.3. The predicted molar refractivity (Wildman–Crippen MR) is 106 cm³/mol. The molecule has 2 heteroatoms. The molecule has 0 saturated carbocycles. The third-order valence-corrected chi connectivity index (χ3v) is 6.68. The molecule has 0 spiro atoms. The minimum atomic E-state index is 0.153. The van der Waals surface area contributed by atoms with Gasteiger partial charge in [-0.15, -0.1) is 11.3 Å². The second-order valence-corrected chi connectivity index (χ2v) is 7.95. The molecule has 6 rings (SSSR count). The molecule has 0 radical (unpaired) electrons. The van der Waals surface area contributed by atoms with Gasteiger partial charge in [-0.2, -0.15) is 0 Å². The fraction of sp³-hybridized carbons (Fsp3) is 0.0870. The fourth-order valence-electron chi connectivity index (χ4n) is 4.29. The number of fused-ring (bicyclic) bond motifs is 8. The predicted octanol–water partition coefficient (Wildman–Crippen LogP) is 6.23. The van der Waals surface area contributed by atoms with E-state index in [1.165, 1.54) is 25.9 Å². The van der Waals surface area contributed by atoms with Crippen LogP contribution >= 0.6 is 11.3 Å². The maximum Gasteiger partial charge on any atom is 0.194 e. The van der Waals surface area contributed by atoms with Gasteiger partial charge in [-0.05, 0) is 58.5 Å². The lowest BCUT2D eigenvalue weighted by Crippen LogP contribution is -1.94. The molecule has 0 aliphatic heterocycles. The number of rotatable bonds is 0. The minimum Gasteiger partial charge on any atom is -0.289 e. The van der Waals surface area contributed by atoms with Crippen molar-refractivity contribution in [1.29, 1.82) is 0 Å². The number of ketones is 1. The average molecular weight is 338 g/mol. The number of thiophene rings is 1. The number of carbonyl (C=O) groups excluding carboxylic acids is 1. The van der Waals surface area contributed by atoms with Crippen LogP contribution in [0.2, 0.25) is 0 Å². The van der Waals surface area contributed by atoms with Crippen molar-refractivity contribution in [3.05, 3.63) is 76.2 Å². The van der Waals surface area contributed by atoms with E-state index in [0.29, 0.717) is 0 Å². The monoisotopic (exact) mass is 338 g/mol. The summed E-state index contributed by atoms with van der Waals surface area (Å²) in [7, 11) is 0. The van der Waals surface area contributed by atoms with Crippen molar-refractivity contribution in [1.82, 2.24) is 0 Å². The Morgan fingerprint density at radius 1 is 0.880 bits per heavy atom. The quantitative estimate of drug-likeness (QED) is 0.327. The fourth-order valence-corrected chi connectivity index (χ4v) is 5.52. The van der Waals surface area contributed by atoms with E-state index in [1.807, 2.05) is 29.5 Å². The average Bonchev–Trinajstić information content (AvgIpc) is 3.17. The highest BCUT2D eigenvalue weighted by atomic mass is 32.1. The number of aryl methyl sites for hydroxylation is 1. The highest BCUT2D eigenvalue weighted by molar-refractivity contribution is 7.19. The first-order valence-electron chi connectivity index (χ1n) is 8.64. The van der Waals surface area contributed by atoms with Gasteiger partial charge < -0.3 is 0 Å². The summed E-state index contributed by atoms with van der Waals surface area (Å²) in [6.07, 6.45) is 6.83. The second-order valence-electron chi connectivity index (χ2n) is 6.81. The zero-order chi connectivity index (χ0) is 16.5. The Balaban J connectivity index is 1.77. The number of hydrogen-bond acceptors (Lipinski definition) is 2. The summed E-state index contributed by atoms with van der Waals surface area (Å²) in [5, 5.41) is 3.78. The lowest BCUT2D eigenvalue weighted by atomic mass is 9.95. The van der Waals surface area contributed by atoms with Crippen molar-refractivity contribution < 1.29 is 4.79 Å². The van der Waals surface area contributed by atoms with Crippen LogP contribution < -0.4 is 0 Å². The number of allylic oxidation sites excluding steroid dienone is 1. The van der Waals surface area contributed by atoms with E-state index in [4.69, 9.17) is 0 Å². The van der Waals surface area contributed by atoms with Gasteiger partial charge in [-0.3, -0.25) is 4.79 Å². The number of hydrogen-bond donors (Lipinski definition) is 0. The molecule has 118 valence electrons. The van der Waals surface area contributed by atoms with Crippen molar-refractivity contribution in [2.75, 3.05) is 0 Å². The normalized spacial score (nSPS) is 14.8. The van der Waals surface area contributed by atoms with Crippen molar-refractivity contribution in [3.8, 4) is 11.1 Å². The van der Waals surface area contributed by atoms with Crippen LogP contribution in [0.25, 0.3) is 38.1 Å². The van der Waals surface area contributed by atoms with E-state index in [0.717, 1.165) is 40.5 Å². The Bertz CT molecular complexity index is 1260. The molecule has 1 nitrogen and oxygen atoms in total.